The summed E-state index contributed by atoms with van der Waals surface area (Å²) in [6, 6.07) is 4.34. The minimum atomic E-state index is -4.23. The summed E-state index contributed by atoms with van der Waals surface area (Å²) in [5.41, 5.74) is 0. The zero-order valence-corrected chi connectivity index (χ0v) is 10.7. The van der Waals surface area contributed by atoms with Crippen molar-refractivity contribution in [2.24, 2.45) is 5.92 Å². The van der Waals surface area contributed by atoms with Crippen LogP contribution in [0.1, 0.15) is 23.8 Å². The molecule has 1 saturated carbocycles. The normalized spacial score (nSPS) is 17.9. The van der Waals surface area contributed by atoms with E-state index in [0.29, 0.717) is 12.5 Å². The highest BCUT2D eigenvalue weighted by atomic mass is 32.1. The molecule has 18 heavy (non-hydrogen) atoms. The van der Waals surface area contributed by atoms with Crippen LogP contribution in [0.25, 0.3) is 0 Å². The Morgan fingerprint density at radius 3 is 2.78 bits per heavy atom. The Morgan fingerprint density at radius 1 is 1.44 bits per heavy atom. The van der Waals surface area contributed by atoms with Gasteiger partial charge in [-0.05, 0) is 30.2 Å². The van der Waals surface area contributed by atoms with Crippen LogP contribution >= 0.6 is 11.3 Å². The van der Waals surface area contributed by atoms with E-state index in [4.69, 9.17) is 0 Å². The van der Waals surface area contributed by atoms with Crippen LogP contribution in [0.2, 0.25) is 0 Å². The molecule has 1 aliphatic carbocycles. The van der Waals surface area contributed by atoms with Gasteiger partial charge in [0.1, 0.15) is 6.61 Å². The first-order valence-electron chi connectivity index (χ1n) is 5.97. The lowest BCUT2D eigenvalue weighted by Crippen LogP contribution is -2.28. The van der Waals surface area contributed by atoms with Gasteiger partial charge in [-0.15, -0.1) is 11.3 Å². The first-order valence-corrected chi connectivity index (χ1v) is 6.85. The van der Waals surface area contributed by atoms with Crippen LogP contribution in [-0.4, -0.2) is 25.9 Å². The number of hydrogen-bond donors (Lipinski definition) is 1. The van der Waals surface area contributed by atoms with E-state index in [2.05, 4.69) is 16.1 Å². The second-order valence-electron chi connectivity index (χ2n) is 4.45. The van der Waals surface area contributed by atoms with Gasteiger partial charge in [-0.3, -0.25) is 0 Å². The predicted octanol–water partition coefficient (Wildman–Crippen LogP) is 3.37. The van der Waals surface area contributed by atoms with Crippen molar-refractivity contribution in [2.45, 2.75) is 25.1 Å². The molecule has 0 spiro atoms. The highest BCUT2D eigenvalue weighted by molar-refractivity contribution is 7.10. The average molecular weight is 279 g/mol. The molecule has 0 aromatic carbocycles. The summed E-state index contributed by atoms with van der Waals surface area (Å²) in [6.45, 7) is -0.620. The Morgan fingerprint density at radius 2 is 2.22 bits per heavy atom. The van der Waals surface area contributed by atoms with Crippen molar-refractivity contribution in [3.63, 3.8) is 0 Å². The third kappa shape index (κ3) is 4.59. The Labute approximate surface area is 108 Å². The summed E-state index contributed by atoms with van der Waals surface area (Å²) in [4.78, 5) is 1.26. The number of thiophene rings is 1. The van der Waals surface area contributed by atoms with E-state index >= 15 is 0 Å². The Kier molecular flexibility index (Phi) is 4.64. The van der Waals surface area contributed by atoms with Crippen molar-refractivity contribution in [1.29, 1.82) is 0 Å². The molecule has 1 aromatic rings. The topological polar surface area (TPSA) is 21.3 Å². The largest absolute Gasteiger partial charge is 0.411 e. The lowest BCUT2D eigenvalue weighted by molar-refractivity contribution is -0.173. The van der Waals surface area contributed by atoms with Crippen LogP contribution in [-0.2, 0) is 4.74 Å². The van der Waals surface area contributed by atoms with Gasteiger partial charge >= 0.3 is 6.18 Å². The fourth-order valence-corrected chi connectivity index (χ4v) is 2.77. The molecule has 0 aliphatic heterocycles. The fourth-order valence-electron chi connectivity index (χ4n) is 1.87. The van der Waals surface area contributed by atoms with Gasteiger partial charge in [-0.1, -0.05) is 6.07 Å². The monoisotopic (exact) mass is 279 g/mol. The van der Waals surface area contributed by atoms with Gasteiger partial charge in [0, 0.05) is 17.5 Å². The van der Waals surface area contributed by atoms with Gasteiger partial charge in [0.05, 0.1) is 6.61 Å². The molecule has 1 aromatic heterocycles. The molecular weight excluding hydrogens is 263 g/mol. The maximum atomic E-state index is 11.9. The maximum absolute atomic E-state index is 11.9. The van der Waals surface area contributed by atoms with Gasteiger partial charge < -0.3 is 10.1 Å². The molecule has 6 heteroatoms. The fraction of sp³-hybridized carbons (Fsp3) is 0.667. The molecule has 2 rings (SSSR count). The van der Waals surface area contributed by atoms with Gasteiger partial charge in [-0.25, -0.2) is 0 Å². The van der Waals surface area contributed by atoms with Crippen molar-refractivity contribution in [1.82, 2.24) is 5.32 Å². The highest BCUT2D eigenvalue weighted by Gasteiger charge is 2.32. The summed E-state index contributed by atoms with van der Waals surface area (Å²) in [5, 5.41) is 5.31. The number of hydrogen-bond acceptors (Lipinski definition) is 3. The van der Waals surface area contributed by atoms with Crippen LogP contribution in [0, 0.1) is 5.92 Å². The van der Waals surface area contributed by atoms with Gasteiger partial charge in [0.15, 0.2) is 0 Å². The van der Waals surface area contributed by atoms with Crippen LogP contribution in [0.4, 0.5) is 13.2 Å². The van der Waals surface area contributed by atoms with Crippen LogP contribution in [0.3, 0.4) is 0 Å². The number of ether oxygens (including phenoxy) is 1. The molecule has 0 saturated heterocycles. The molecule has 1 unspecified atom stereocenters. The van der Waals surface area contributed by atoms with Gasteiger partial charge in [-0.2, -0.15) is 13.2 Å². The van der Waals surface area contributed by atoms with Gasteiger partial charge in [0.2, 0.25) is 0 Å². The molecule has 1 heterocycles. The Balaban J connectivity index is 1.68. The average Bonchev–Trinajstić information content (AvgIpc) is 2.97. The first-order chi connectivity index (χ1) is 8.56. The SMILES string of the molecule is FC(F)(F)COCCNC(c1cccs1)C1CC1. The van der Waals surface area contributed by atoms with Crippen molar-refractivity contribution < 1.29 is 17.9 Å². The molecule has 0 radical (unpaired) electrons. The van der Waals surface area contributed by atoms with E-state index in [-0.39, 0.29) is 12.6 Å². The molecule has 0 amide bonds. The Hall–Kier alpha value is -0.590. The van der Waals surface area contributed by atoms with E-state index in [1.807, 2.05) is 11.4 Å². The van der Waals surface area contributed by atoms with E-state index in [1.165, 1.54) is 17.7 Å². The van der Waals surface area contributed by atoms with E-state index in [1.54, 1.807) is 11.3 Å². The summed E-state index contributed by atoms with van der Waals surface area (Å²) >= 11 is 1.68. The number of alkyl halides is 3. The zero-order chi connectivity index (χ0) is 13.0. The lowest BCUT2D eigenvalue weighted by Gasteiger charge is -2.17. The van der Waals surface area contributed by atoms with Crippen molar-refractivity contribution >= 4 is 11.3 Å². The molecule has 1 atom stereocenters. The second kappa shape index (κ2) is 6.04. The first kappa shape index (κ1) is 13.8. The standard InChI is InChI=1S/C12H16F3NOS/c13-12(14,15)8-17-6-5-16-11(9-3-4-9)10-2-1-7-18-10/h1-2,7,9,11,16H,3-6,8H2. The highest BCUT2D eigenvalue weighted by Crippen LogP contribution is 2.42. The van der Waals surface area contributed by atoms with E-state index in [0.717, 1.165) is 0 Å². The summed E-state index contributed by atoms with van der Waals surface area (Å²) in [7, 11) is 0. The molecule has 102 valence electrons. The molecule has 2 nitrogen and oxygen atoms in total. The molecular formula is C12H16F3NOS. The van der Waals surface area contributed by atoms with Crippen LogP contribution < -0.4 is 5.32 Å². The number of rotatable bonds is 7. The van der Waals surface area contributed by atoms with E-state index in [9.17, 15) is 13.2 Å². The maximum Gasteiger partial charge on any atom is 0.411 e. The zero-order valence-electron chi connectivity index (χ0n) is 9.87. The van der Waals surface area contributed by atoms with Crippen LogP contribution in [0.5, 0.6) is 0 Å². The van der Waals surface area contributed by atoms with Crippen LogP contribution in [0.15, 0.2) is 17.5 Å². The molecule has 1 fully saturated rings. The summed E-state index contributed by atoms with van der Waals surface area (Å²) in [5.74, 6) is 0.631. The number of halogens is 3. The summed E-state index contributed by atoms with van der Waals surface area (Å²) < 4.78 is 40.2. The van der Waals surface area contributed by atoms with Crippen molar-refractivity contribution in [3.05, 3.63) is 22.4 Å². The minimum absolute atomic E-state index is 0.0914. The molecule has 0 bridgehead atoms. The minimum Gasteiger partial charge on any atom is -0.371 e. The molecule has 1 aliphatic rings. The smallest absolute Gasteiger partial charge is 0.371 e. The third-order valence-corrected chi connectivity index (χ3v) is 3.77. The second-order valence-corrected chi connectivity index (χ2v) is 5.43. The van der Waals surface area contributed by atoms with Gasteiger partial charge in [0.25, 0.3) is 0 Å². The predicted molar refractivity (Wildman–Crippen MR) is 64.7 cm³/mol. The van der Waals surface area contributed by atoms with Crippen molar-refractivity contribution in [3.8, 4) is 0 Å². The van der Waals surface area contributed by atoms with E-state index < -0.39 is 12.8 Å². The summed E-state index contributed by atoms with van der Waals surface area (Å²) in [6.07, 6.45) is -1.85. The van der Waals surface area contributed by atoms with Crippen molar-refractivity contribution in [2.75, 3.05) is 19.8 Å². The number of nitrogens with one attached hydrogen (secondary N) is 1. The molecule has 1 N–H and O–H groups in total. The lowest BCUT2D eigenvalue weighted by atomic mass is 10.1. The Bertz CT molecular complexity index is 349. The third-order valence-electron chi connectivity index (χ3n) is 2.82. The quantitative estimate of drug-likeness (QED) is 0.773.